The number of para-hydroxylation sites is 3. The summed E-state index contributed by atoms with van der Waals surface area (Å²) in [6.45, 7) is 0. The average Bonchev–Trinajstić information content (AvgIpc) is 3.04. The number of halogens is 4. The maximum Gasteiger partial charge on any atom is 0.337 e. The van der Waals surface area contributed by atoms with Crippen LogP contribution >= 0.6 is 55.1 Å². The van der Waals surface area contributed by atoms with Crippen LogP contribution in [0.2, 0.25) is 5.02 Å². The summed E-state index contributed by atoms with van der Waals surface area (Å²) in [7, 11) is 1.41. The summed E-state index contributed by atoms with van der Waals surface area (Å²) in [6.07, 6.45) is -0.734. The molecular weight excluding hydrogens is 607 g/mol. The molecule has 1 fully saturated rings. The Labute approximate surface area is 224 Å². The second-order valence-corrected chi connectivity index (χ2v) is 9.72. The van der Waals surface area contributed by atoms with Gasteiger partial charge in [0.25, 0.3) is 5.91 Å². The number of aliphatic imine (C=N–C) groups is 1. The smallest absolute Gasteiger partial charge is 0.315 e. The van der Waals surface area contributed by atoms with Crippen LogP contribution in [0.5, 0.6) is 0 Å². The predicted octanol–water partition coefficient (Wildman–Crippen LogP) is 7.07. The lowest BCUT2D eigenvalue weighted by Crippen LogP contribution is -2.37. The first-order chi connectivity index (χ1) is 16.3. The Balaban J connectivity index is 1.90. The number of anilines is 3. The van der Waals surface area contributed by atoms with E-state index in [2.05, 4.69) is 31.9 Å². The molecule has 3 aromatic rings. The molecule has 174 valence electrons. The fourth-order valence-corrected chi connectivity index (χ4v) is 4.96. The summed E-state index contributed by atoms with van der Waals surface area (Å²) in [5.41, 5.74) is 1.95. The van der Waals surface area contributed by atoms with Gasteiger partial charge in [0, 0.05) is 16.0 Å². The maximum atomic E-state index is 13.1. The van der Waals surface area contributed by atoms with Gasteiger partial charge in [-0.15, -0.1) is 11.6 Å². The minimum Gasteiger partial charge on any atom is -0.315 e. The number of hydrogen-bond donors (Lipinski definition) is 0. The number of amidine groups is 1. The van der Waals surface area contributed by atoms with Crippen molar-refractivity contribution in [1.82, 2.24) is 4.90 Å². The normalized spacial score (nSPS) is 15.9. The first-order valence-electron chi connectivity index (χ1n) is 10.1. The first-order valence-corrected chi connectivity index (χ1v) is 12.6. The number of nitrogens with zero attached hydrogens (tertiary/aromatic N) is 4. The van der Waals surface area contributed by atoms with Crippen molar-refractivity contribution in [2.24, 2.45) is 4.99 Å². The van der Waals surface area contributed by atoms with Gasteiger partial charge < -0.3 is 4.90 Å². The van der Waals surface area contributed by atoms with E-state index in [1.165, 1.54) is 11.9 Å². The van der Waals surface area contributed by atoms with Crippen LogP contribution in [0.3, 0.4) is 0 Å². The fourth-order valence-electron chi connectivity index (χ4n) is 3.58. The molecule has 0 aliphatic carbocycles. The van der Waals surface area contributed by atoms with E-state index in [4.69, 9.17) is 28.2 Å². The van der Waals surface area contributed by atoms with Gasteiger partial charge in [0.05, 0.1) is 28.0 Å². The van der Waals surface area contributed by atoms with Crippen molar-refractivity contribution < 1.29 is 9.59 Å². The molecule has 4 rings (SSSR count). The zero-order valence-corrected chi connectivity index (χ0v) is 22.5. The summed E-state index contributed by atoms with van der Waals surface area (Å²) in [4.78, 5) is 35.0. The van der Waals surface area contributed by atoms with Crippen LogP contribution < -0.4 is 9.80 Å². The largest absolute Gasteiger partial charge is 0.337 e. The van der Waals surface area contributed by atoms with Crippen LogP contribution in [0.25, 0.3) is 0 Å². The van der Waals surface area contributed by atoms with Crippen molar-refractivity contribution in [2.45, 2.75) is 6.17 Å². The molecule has 10 heteroatoms. The number of likely N-dealkylation sites (N-methyl/N-ethyl adjacent to an activating group) is 1. The number of hydrogen-bond acceptors (Lipinski definition) is 4. The summed E-state index contributed by atoms with van der Waals surface area (Å²) in [5, 5.41) is 0.322. The third kappa shape index (κ3) is 4.60. The molecule has 1 aliphatic heterocycles. The Morgan fingerprint density at radius 2 is 1.44 bits per heavy atom. The Morgan fingerprint density at radius 3 is 1.97 bits per heavy atom. The molecule has 1 heterocycles. The fraction of sp³-hybridized carbons (Fsp3) is 0.125. The monoisotopic (exact) mass is 622 g/mol. The standard InChI is InChI=1S/C24H18Br2Cl2N4O2/c1-30-23(33)22(32(24(30)34)20-13-7-4-10-17(20)28)29-21(14-27)31(18-11-5-2-8-15(18)25)19-12-6-3-9-16(19)26/h2-13,21H,14H2,1H3. The number of imide groups is 1. The molecule has 0 radical (unpaired) electrons. The molecule has 6 nitrogen and oxygen atoms in total. The van der Waals surface area contributed by atoms with Gasteiger partial charge in [-0.1, -0.05) is 48.0 Å². The molecule has 3 amide bonds. The summed E-state index contributed by atoms with van der Waals surface area (Å²) < 4.78 is 1.63. The SMILES string of the molecule is CN1C(=O)C(=NC(CCl)N(c2ccccc2Br)c2ccccc2Br)N(c2ccccc2Cl)C1=O. The Bertz CT molecular complexity index is 1240. The van der Waals surface area contributed by atoms with E-state index in [0.717, 1.165) is 25.2 Å². The number of amides is 3. The second kappa shape index (κ2) is 10.5. The quantitative estimate of drug-likeness (QED) is 0.218. The van der Waals surface area contributed by atoms with Crippen molar-refractivity contribution in [2.75, 3.05) is 22.7 Å². The Morgan fingerprint density at radius 1 is 0.912 bits per heavy atom. The van der Waals surface area contributed by atoms with E-state index in [9.17, 15) is 9.59 Å². The molecule has 0 N–H and O–H groups in total. The number of carbonyl (C=O) groups is 2. The van der Waals surface area contributed by atoms with Gasteiger partial charge in [-0.05, 0) is 68.3 Å². The van der Waals surface area contributed by atoms with Crippen LogP contribution in [-0.4, -0.2) is 41.8 Å². The summed E-state index contributed by atoms with van der Waals surface area (Å²) in [5.74, 6) is -0.567. The molecule has 1 unspecified atom stereocenters. The molecule has 0 saturated carbocycles. The topological polar surface area (TPSA) is 56.2 Å². The third-order valence-corrected chi connectivity index (χ3v) is 7.15. The van der Waals surface area contributed by atoms with Gasteiger partial charge in [0.2, 0.25) is 5.84 Å². The van der Waals surface area contributed by atoms with Gasteiger partial charge in [-0.3, -0.25) is 9.69 Å². The van der Waals surface area contributed by atoms with Gasteiger partial charge in [-0.25, -0.2) is 14.7 Å². The molecule has 1 atom stereocenters. The number of alkyl halides is 1. The van der Waals surface area contributed by atoms with Crippen molar-refractivity contribution >= 4 is 89.9 Å². The van der Waals surface area contributed by atoms with E-state index < -0.39 is 18.1 Å². The minimum atomic E-state index is -0.734. The highest BCUT2D eigenvalue weighted by Gasteiger charge is 2.43. The van der Waals surface area contributed by atoms with Crippen molar-refractivity contribution in [3.8, 4) is 0 Å². The Hall–Kier alpha value is -2.39. The van der Waals surface area contributed by atoms with Crippen LogP contribution in [0, 0.1) is 0 Å². The highest BCUT2D eigenvalue weighted by molar-refractivity contribution is 9.11. The van der Waals surface area contributed by atoms with E-state index in [1.54, 1.807) is 24.3 Å². The van der Waals surface area contributed by atoms with Gasteiger partial charge in [0.15, 0.2) is 0 Å². The van der Waals surface area contributed by atoms with Gasteiger partial charge in [-0.2, -0.15) is 0 Å². The molecule has 34 heavy (non-hydrogen) atoms. The van der Waals surface area contributed by atoms with Crippen molar-refractivity contribution in [3.05, 3.63) is 86.8 Å². The lowest BCUT2D eigenvalue weighted by atomic mass is 10.2. The molecule has 0 spiro atoms. The van der Waals surface area contributed by atoms with E-state index in [1.807, 2.05) is 53.4 Å². The van der Waals surface area contributed by atoms with Crippen LogP contribution in [0.4, 0.5) is 21.9 Å². The number of urea groups is 1. The molecule has 1 aliphatic rings. The first kappa shape index (κ1) is 24.7. The Kier molecular flexibility index (Phi) is 7.62. The minimum absolute atomic E-state index is 0.0354. The van der Waals surface area contributed by atoms with Gasteiger partial charge >= 0.3 is 6.03 Å². The highest BCUT2D eigenvalue weighted by atomic mass is 79.9. The molecular formula is C24H18Br2Cl2N4O2. The lowest BCUT2D eigenvalue weighted by Gasteiger charge is -2.32. The van der Waals surface area contributed by atoms with E-state index >= 15 is 0 Å². The number of benzene rings is 3. The van der Waals surface area contributed by atoms with Crippen molar-refractivity contribution in [3.63, 3.8) is 0 Å². The molecule has 3 aromatic carbocycles. The van der Waals surface area contributed by atoms with E-state index in [-0.39, 0.29) is 11.7 Å². The number of rotatable bonds is 6. The third-order valence-electron chi connectivity index (χ3n) is 5.21. The summed E-state index contributed by atoms with van der Waals surface area (Å²) in [6, 6.07) is 21.5. The zero-order valence-electron chi connectivity index (χ0n) is 17.8. The van der Waals surface area contributed by atoms with Gasteiger partial charge in [0.1, 0.15) is 6.17 Å². The van der Waals surface area contributed by atoms with Crippen LogP contribution in [0.15, 0.2) is 86.7 Å². The van der Waals surface area contributed by atoms with E-state index in [0.29, 0.717) is 10.7 Å². The lowest BCUT2D eigenvalue weighted by molar-refractivity contribution is -0.119. The van der Waals surface area contributed by atoms with Crippen LogP contribution in [0.1, 0.15) is 0 Å². The zero-order chi connectivity index (χ0) is 24.4. The molecule has 1 saturated heterocycles. The average molecular weight is 625 g/mol. The maximum absolute atomic E-state index is 13.1. The van der Waals surface area contributed by atoms with Crippen LogP contribution in [-0.2, 0) is 4.79 Å². The number of carbonyl (C=O) groups excluding carboxylic acids is 2. The second-order valence-electron chi connectivity index (χ2n) is 7.29. The summed E-state index contributed by atoms with van der Waals surface area (Å²) >= 11 is 20.1. The highest BCUT2D eigenvalue weighted by Crippen LogP contribution is 2.39. The molecule has 0 aromatic heterocycles. The predicted molar refractivity (Wildman–Crippen MR) is 144 cm³/mol. The molecule has 0 bridgehead atoms. The van der Waals surface area contributed by atoms with Crippen molar-refractivity contribution in [1.29, 1.82) is 0 Å².